The van der Waals surface area contributed by atoms with Crippen molar-refractivity contribution in [3.05, 3.63) is 95.6 Å². The normalized spacial score (nSPS) is 9.78. The first kappa shape index (κ1) is 16.6. The molecule has 0 aromatic heterocycles. The Morgan fingerprint density at radius 3 is 1.48 bits per heavy atom. The van der Waals surface area contributed by atoms with Crippen LogP contribution in [0.25, 0.3) is 0 Å². The highest BCUT2D eigenvalue weighted by atomic mass is 14.7. The summed E-state index contributed by atoms with van der Waals surface area (Å²) < 4.78 is 0. The summed E-state index contributed by atoms with van der Waals surface area (Å²) in [5.41, 5.74) is 16.2. The molecule has 0 heterocycles. The number of rotatable bonds is 3. The van der Waals surface area contributed by atoms with Crippen molar-refractivity contribution in [1.29, 1.82) is 0 Å². The van der Waals surface area contributed by atoms with Gasteiger partial charge in [0.15, 0.2) is 0 Å². The molecule has 2 nitrogen and oxygen atoms in total. The molecule has 2 heteroatoms. The summed E-state index contributed by atoms with van der Waals surface area (Å²) in [7, 11) is 0. The van der Waals surface area contributed by atoms with Crippen LogP contribution in [-0.4, -0.2) is 0 Å². The van der Waals surface area contributed by atoms with Gasteiger partial charge in [0.1, 0.15) is 0 Å². The van der Waals surface area contributed by atoms with Crippen LogP contribution in [0.1, 0.15) is 16.7 Å². The standard InChI is InChI=1S/C15H16.C6H8N2/c1-13-7-9-15(10-8-13)12-11-14-5-3-2-4-6-14;7-5-3-1-2-4-6(5)8/h2-10H,11-12H2,1H3;1-4H,7-8H2. The first-order valence-corrected chi connectivity index (χ1v) is 7.84. The van der Waals surface area contributed by atoms with Crippen molar-refractivity contribution in [2.75, 3.05) is 11.5 Å². The van der Waals surface area contributed by atoms with Crippen LogP contribution in [-0.2, 0) is 12.8 Å². The van der Waals surface area contributed by atoms with Crippen molar-refractivity contribution in [2.45, 2.75) is 19.8 Å². The summed E-state index contributed by atoms with van der Waals surface area (Å²) >= 11 is 0. The maximum Gasteiger partial charge on any atom is 0.0547 e. The van der Waals surface area contributed by atoms with Gasteiger partial charge < -0.3 is 11.5 Å². The minimum absolute atomic E-state index is 0.646. The number of nitrogen functional groups attached to an aromatic ring is 2. The Morgan fingerprint density at radius 1 is 0.565 bits per heavy atom. The maximum absolute atomic E-state index is 5.39. The molecule has 0 radical (unpaired) electrons. The summed E-state index contributed by atoms with van der Waals surface area (Å²) in [4.78, 5) is 0. The predicted molar refractivity (Wildman–Crippen MR) is 100 cm³/mol. The van der Waals surface area contributed by atoms with E-state index in [-0.39, 0.29) is 0 Å². The zero-order valence-electron chi connectivity index (χ0n) is 13.6. The Hall–Kier alpha value is -2.74. The first-order valence-electron chi connectivity index (χ1n) is 7.84. The number of aryl methyl sites for hydroxylation is 3. The predicted octanol–water partition coefficient (Wildman–Crippen LogP) is 4.63. The van der Waals surface area contributed by atoms with Crippen molar-refractivity contribution in [3.8, 4) is 0 Å². The maximum atomic E-state index is 5.39. The molecule has 23 heavy (non-hydrogen) atoms. The average molecular weight is 304 g/mol. The molecular formula is C21H24N2. The molecule has 0 aliphatic heterocycles. The van der Waals surface area contributed by atoms with E-state index < -0.39 is 0 Å². The Morgan fingerprint density at radius 2 is 1.00 bits per heavy atom. The van der Waals surface area contributed by atoms with Crippen LogP contribution in [0, 0.1) is 6.92 Å². The second-order valence-corrected chi connectivity index (χ2v) is 5.60. The van der Waals surface area contributed by atoms with Crippen LogP contribution in [0.15, 0.2) is 78.9 Å². The zero-order chi connectivity index (χ0) is 16.5. The molecule has 0 saturated heterocycles. The van der Waals surface area contributed by atoms with E-state index in [4.69, 9.17) is 11.5 Å². The molecule has 0 atom stereocenters. The molecule has 0 spiro atoms. The summed E-state index contributed by atoms with van der Waals surface area (Å²) in [5.74, 6) is 0. The molecule has 3 rings (SSSR count). The van der Waals surface area contributed by atoms with Crippen LogP contribution in [0.4, 0.5) is 11.4 Å². The third-order valence-electron chi connectivity index (χ3n) is 3.66. The average Bonchev–Trinajstić information content (AvgIpc) is 2.59. The minimum Gasteiger partial charge on any atom is -0.397 e. The largest absolute Gasteiger partial charge is 0.397 e. The topological polar surface area (TPSA) is 52.0 Å². The number of anilines is 2. The Balaban J connectivity index is 0.000000203. The SMILES string of the molecule is Cc1ccc(CCc2ccccc2)cc1.Nc1ccccc1N. The van der Waals surface area contributed by atoms with E-state index in [9.17, 15) is 0 Å². The van der Waals surface area contributed by atoms with Gasteiger partial charge in [0.25, 0.3) is 0 Å². The Bertz CT molecular complexity index is 682. The van der Waals surface area contributed by atoms with Crippen molar-refractivity contribution >= 4 is 11.4 Å². The molecule has 4 N–H and O–H groups in total. The van der Waals surface area contributed by atoms with Gasteiger partial charge >= 0.3 is 0 Å². The molecule has 0 amide bonds. The Labute approximate surface area is 138 Å². The molecule has 118 valence electrons. The van der Waals surface area contributed by atoms with Crippen molar-refractivity contribution in [2.24, 2.45) is 0 Å². The van der Waals surface area contributed by atoms with Crippen LogP contribution < -0.4 is 11.5 Å². The van der Waals surface area contributed by atoms with E-state index in [0.29, 0.717) is 11.4 Å². The fraction of sp³-hybridized carbons (Fsp3) is 0.143. The zero-order valence-corrected chi connectivity index (χ0v) is 13.6. The Kier molecular flexibility index (Phi) is 6.25. The fourth-order valence-electron chi connectivity index (χ4n) is 2.20. The molecule has 0 aliphatic rings. The highest BCUT2D eigenvalue weighted by Gasteiger charge is 1.94. The number of para-hydroxylation sites is 2. The van der Waals surface area contributed by atoms with E-state index >= 15 is 0 Å². The van der Waals surface area contributed by atoms with Crippen molar-refractivity contribution in [1.82, 2.24) is 0 Å². The van der Waals surface area contributed by atoms with Gasteiger partial charge in [-0.2, -0.15) is 0 Å². The van der Waals surface area contributed by atoms with Gasteiger partial charge in [-0.15, -0.1) is 0 Å². The van der Waals surface area contributed by atoms with Gasteiger partial charge in [-0.05, 0) is 43.0 Å². The molecule has 0 unspecified atom stereocenters. The number of hydrogen-bond donors (Lipinski definition) is 2. The van der Waals surface area contributed by atoms with Gasteiger partial charge in [0, 0.05) is 0 Å². The first-order chi connectivity index (χ1) is 11.1. The van der Waals surface area contributed by atoms with Crippen LogP contribution >= 0.6 is 0 Å². The van der Waals surface area contributed by atoms with Crippen LogP contribution in [0.3, 0.4) is 0 Å². The molecule has 0 saturated carbocycles. The van der Waals surface area contributed by atoms with Crippen LogP contribution in [0.5, 0.6) is 0 Å². The lowest BCUT2D eigenvalue weighted by molar-refractivity contribution is 0.959. The minimum atomic E-state index is 0.646. The monoisotopic (exact) mass is 304 g/mol. The van der Waals surface area contributed by atoms with E-state index in [2.05, 4.69) is 61.5 Å². The van der Waals surface area contributed by atoms with Gasteiger partial charge in [-0.25, -0.2) is 0 Å². The van der Waals surface area contributed by atoms with E-state index in [0.717, 1.165) is 12.8 Å². The lowest BCUT2D eigenvalue weighted by Gasteiger charge is -2.02. The van der Waals surface area contributed by atoms with Gasteiger partial charge in [-0.1, -0.05) is 72.3 Å². The molecule has 0 fully saturated rings. The van der Waals surface area contributed by atoms with Crippen molar-refractivity contribution < 1.29 is 0 Å². The number of benzene rings is 3. The van der Waals surface area contributed by atoms with E-state index in [1.165, 1.54) is 16.7 Å². The number of hydrogen-bond acceptors (Lipinski definition) is 2. The lowest BCUT2D eigenvalue weighted by Crippen LogP contribution is -1.91. The smallest absolute Gasteiger partial charge is 0.0547 e. The third-order valence-corrected chi connectivity index (χ3v) is 3.66. The fourth-order valence-corrected chi connectivity index (χ4v) is 2.20. The highest BCUT2D eigenvalue weighted by Crippen LogP contribution is 2.10. The number of nitrogens with two attached hydrogens (primary N) is 2. The molecule has 3 aromatic rings. The van der Waals surface area contributed by atoms with E-state index in [1.54, 1.807) is 12.1 Å². The second kappa shape index (κ2) is 8.64. The molecular weight excluding hydrogens is 280 g/mol. The van der Waals surface area contributed by atoms with Crippen molar-refractivity contribution in [3.63, 3.8) is 0 Å². The second-order valence-electron chi connectivity index (χ2n) is 5.60. The van der Waals surface area contributed by atoms with Gasteiger partial charge in [-0.3, -0.25) is 0 Å². The summed E-state index contributed by atoms with van der Waals surface area (Å²) in [5, 5.41) is 0. The quantitative estimate of drug-likeness (QED) is 0.693. The highest BCUT2D eigenvalue weighted by molar-refractivity contribution is 5.62. The lowest BCUT2D eigenvalue weighted by atomic mass is 10.0. The third kappa shape index (κ3) is 5.87. The molecule has 3 aromatic carbocycles. The van der Waals surface area contributed by atoms with Gasteiger partial charge in [0.2, 0.25) is 0 Å². The van der Waals surface area contributed by atoms with Gasteiger partial charge in [0.05, 0.1) is 11.4 Å². The summed E-state index contributed by atoms with van der Waals surface area (Å²) in [6.07, 6.45) is 2.26. The summed E-state index contributed by atoms with van der Waals surface area (Å²) in [6, 6.07) is 26.7. The van der Waals surface area contributed by atoms with E-state index in [1.807, 2.05) is 12.1 Å². The molecule has 0 bridgehead atoms. The summed E-state index contributed by atoms with van der Waals surface area (Å²) in [6.45, 7) is 2.13. The van der Waals surface area contributed by atoms with Crippen LogP contribution in [0.2, 0.25) is 0 Å². The molecule has 0 aliphatic carbocycles.